The third kappa shape index (κ3) is 2.63. The van der Waals surface area contributed by atoms with Gasteiger partial charge in [0.25, 0.3) is 0 Å². The highest BCUT2D eigenvalue weighted by Gasteiger charge is 2.44. The van der Waals surface area contributed by atoms with Crippen LogP contribution in [-0.2, 0) is 0 Å². The van der Waals surface area contributed by atoms with Crippen LogP contribution in [0.4, 0.5) is 0 Å². The molecule has 2 saturated carbocycles. The fraction of sp³-hybridized carbons (Fsp3) is 1.00. The second-order valence-electron chi connectivity index (χ2n) is 7.92. The molecule has 0 spiro atoms. The quantitative estimate of drug-likeness (QED) is 0.581. The van der Waals surface area contributed by atoms with Crippen molar-refractivity contribution in [2.24, 2.45) is 35.0 Å². The van der Waals surface area contributed by atoms with Crippen LogP contribution in [0.25, 0.3) is 0 Å². The molecule has 0 heterocycles. The molecule has 0 aromatic rings. The zero-order valence-corrected chi connectivity index (χ0v) is 13.3. The number of hydrogen-bond donors (Lipinski definition) is 0. The topological polar surface area (TPSA) is 0 Å². The first kappa shape index (κ1) is 14.4. The first-order valence-corrected chi connectivity index (χ1v) is 8.48. The van der Waals surface area contributed by atoms with Crippen LogP contribution in [0.2, 0.25) is 0 Å². The van der Waals surface area contributed by atoms with E-state index in [0.717, 1.165) is 29.6 Å². The van der Waals surface area contributed by atoms with Gasteiger partial charge in [0.05, 0.1) is 0 Å². The van der Waals surface area contributed by atoms with E-state index in [1.807, 2.05) is 0 Å². The van der Waals surface area contributed by atoms with E-state index in [4.69, 9.17) is 0 Å². The molecule has 0 aromatic heterocycles. The Balaban J connectivity index is 1.99. The van der Waals surface area contributed by atoms with E-state index >= 15 is 0 Å². The molecule has 0 aliphatic heterocycles. The van der Waals surface area contributed by atoms with Crippen molar-refractivity contribution in [1.82, 2.24) is 0 Å². The predicted octanol–water partition coefficient (Wildman–Crippen LogP) is 5.91. The molecular weight excluding hydrogens is 216 g/mol. The zero-order valence-electron chi connectivity index (χ0n) is 13.3. The van der Waals surface area contributed by atoms with Crippen molar-refractivity contribution in [3.63, 3.8) is 0 Å². The van der Waals surface area contributed by atoms with Gasteiger partial charge in [-0.2, -0.15) is 0 Å². The molecule has 2 fully saturated rings. The summed E-state index contributed by atoms with van der Waals surface area (Å²) in [7, 11) is 0. The van der Waals surface area contributed by atoms with Gasteiger partial charge in [0.2, 0.25) is 0 Å². The Morgan fingerprint density at radius 3 is 2.11 bits per heavy atom. The Labute approximate surface area is 115 Å². The highest BCUT2D eigenvalue weighted by molar-refractivity contribution is 4.94. The Bertz CT molecular complexity index is 265. The van der Waals surface area contributed by atoms with Crippen molar-refractivity contribution in [3.8, 4) is 0 Å². The maximum absolute atomic E-state index is 2.59. The normalized spacial score (nSPS) is 41.5. The van der Waals surface area contributed by atoms with E-state index < -0.39 is 0 Å². The lowest BCUT2D eigenvalue weighted by Gasteiger charge is -2.38. The maximum Gasteiger partial charge on any atom is -0.0297 e. The van der Waals surface area contributed by atoms with Gasteiger partial charge in [0.15, 0.2) is 0 Å². The van der Waals surface area contributed by atoms with Crippen molar-refractivity contribution >= 4 is 0 Å². The molecule has 106 valence electrons. The summed E-state index contributed by atoms with van der Waals surface area (Å²) in [5.74, 6) is 5.03. The van der Waals surface area contributed by atoms with Crippen molar-refractivity contribution in [3.05, 3.63) is 0 Å². The fourth-order valence-electron chi connectivity index (χ4n) is 4.97. The van der Waals surface area contributed by atoms with Crippen LogP contribution in [0, 0.1) is 35.0 Å². The predicted molar refractivity (Wildman–Crippen MR) is 80.6 cm³/mol. The molecule has 2 rings (SSSR count). The second kappa shape index (κ2) is 5.55. The average Bonchev–Trinajstić information content (AvgIpc) is 2.95. The third-order valence-corrected chi connectivity index (χ3v) is 6.80. The van der Waals surface area contributed by atoms with E-state index in [-0.39, 0.29) is 0 Å². The molecule has 0 aromatic carbocycles. The van der Waals surface area contributed by atoms with Gasteiger partial charge in [0.1, 0.15) is 0 Å². The summed E-state index contributed by atoms with van der Waals surface area (Å²) in [5, 5.41) is 0. The first-order valence-electron chi connectivity index (χ1n) is 8.48. The Morgan fingerprint density at radius 2 is 1.61 bits per heavy atom. The summed E-state index contributed by atoms with van der Waals surface area (Å²) in [4.78, 5) is 0. The van der Waals surface area contributed by atoms with Gasteiger partial charge in [-0.1, -0.05) is 53.9 Å². The molecule has 0 saturated heterocycles. The van der Waals surface area contributed by atoms with Crippen LogP contribution in [0.1, 0.15) is 79.6 Å². The van der Waals surface area contributed by atoms with E-state index in [2.05, 4.69) is 34.6 Å². The van der Waals surface area contributed by atoms with E-state index in [9.17, 15) is 0 Å². The minimum atomic E-state index is 0.599. The van der Waals surface area contributed by atoms with Gasteiger partial charge in [-0.25, -0.2) is 0 Å². The van der Waals surface area contributed by atoms with Crippen LogP contribution in [0.3, 0.4) is 0 Å². The average molecular weight is 250 g/mol. The van der Waals surface area contributed by atoms with Gasteiger partial charge in [-0.05, 0) is 60.7 Å². The minimum Gasteiger partial charge on any atom is -0.0651 e. The highest BCUT2D eigenvalue weighted by atomic mass is 14.5. The number of rotatable bonds is 4. The van der Waals surface area contributed by atoms with Crippen LogP contribution >= 0.6 is 0 Å². The summed E-state index contributed by atoms with van der Waals surface area (Å²) in [6.07, 6.45) is 10.3. The molecule has 2 aliphatic rings. The smallest absolute Gasteiger partial charge is 0.0297 e. The number of hydrogen-bond acceptors (Lipinski definition) is 0. The molecule has 5 unspecified atom stereocenters. The fourth-order valence-corrected chi connectivity index (χ4v) is 4.97. The van der Waals surface area contributed by atoms with E-state index in [0.29, 0.717) is 5.41 Å². The van der Waals surface area contributed by atoms with E-state index in [1.54, 1.807) is 0 Å². The Kier molecular flexibility index (Phi) is 4.44. The highest BCUT2D eigenvalue weighted by Crippen LogP contribution is 2.54. The van der Waals surface area contributed by atoms with Crippen molar-refractivity contribution in [2.75, 3.05) is 0 Å². The van der Waals surface area contributed by atoms with Crippen molar-refractivity contribution < 1.29 is 0 Å². The molecule has 0 amide bonds. The van der Waals surface area contributed by atoms with Crippen molar-refractivity contribution in [1.29, 1.82) is 0 Å². The van der Waals surface area contributed by atoms with Gasteiger partial charge in [0, 0.05) is 0 Å². The molecular formula is C18H34. The summed E-state index contributed by atoms with van der Waals surface area (Å²) in [6.45, 7) is 12.4. The van der Waals surface area contributed by atoms with Gasteiger partial charge >= 0.3 is 0 Å². The molecule has 0 bridgehead atoms. The SMILES string of the molecule is CCC1CCC(C(C)(C)C2CC(C)C(CC)C2)C1. The summed E-state index contributed by atoms with van der Waals surface area (Å²) in [5.41, 5.74) is 0.599. The lowest BCUT2D eigenvalue weighted by atomic mass is 9.67. The summed E-state index contributed by atoms with van der Waals surface area (Å²) in [6, 6.07) is 0. The monoisotopic (exact) mass is 250 g/mol. The van der Waals surface area contributed by atoms with Crippen LogP contribution < -0.4 is 0 Å². The zero-order chi connectivity index (χ0) is 13.3. The van der Waals surface area contributed by atoms with Gasteiger partial charge < -0.3 is 0 Å². The second-order valence-corrected chi connectivity index (χ2v) is 7.92. The Morgan fingerprint density at radius 1 is 0.889 bits per heavy atom. The molecule has 2 aliphatic carbocycles. The molecule has 0 radical (unpaired) electrons. The lowest BCUT2D eigenvalue weighted by molar-refractivity contribution is 0.112. The van der Waals surface area contributed by atoms with Crippen LogP contribution in [0.15, 0.2) is 0 Å². The first-order chi connectivity index (χ1) is 8.48. The molecule has 5 atom stereocenters. The third-order valence-electron chi connectivity index (χ3n) is 6.80. The van der Waals surface area contributed by atoms with Gasteiger partial charge in [-0.15, -0.1) is 0 Å². The maximum atomic E-state index is 2.59. The molecule has 0 nitrogen and oxygen atoms in total. The Hall–Kier alpha value is 0. The molecule has 0 N–H and O–H groups in total. The van der Waals surface area contributed by atoms with Gasteiger partial charge in [-0.3, -0.25) is 0 Å². The minimum absolute atomic E-state index is 0.599. The lowest BCUT2D eigenvalue weighted by Crippen LogP contribution is -2.30. The molecule has 18 heavy (non-hydrogen) atoms. The summed E-state index contributed by atoms with van der Waals surface area (Å²) < 4.78 is 0. The summed E-state index contributed by atoms with van der Waals surface area (Å²) >= 11 is 0. The molecule has 0 heteroatoms. The largest absolute Gasteiger partial charge is 0.0651 e. The van der Waals surface area contributed by atoms with E-state index in [1.165, 1.54) is 44.9 Å². The standard InChI is InChI=1S/C18H34/c1-6-14-8-9-16(11-14)18(4,5)17-10-13(3)15(7-2)12-17/h13-17H,6-12H2,1-5H3. The van der Waals surface area contributed by atoms with Crippen LogP contribution in [0.5, 0.6) is 0 Å². The van der Waals surface area contributed by atoms with Crippen LogP contribution in [-0.4, -0.2) is 0 Å². The van der Waals surface area contributed by atoms with Crippen molar-refractivity contribution in [2.45, 2.75) is 79.6 Å².